The molecule has 0 atom stereocenters. The molecule has 0 aliphatic carbocycles. The highest BCUT2D eigenvalue weighted by Gasteiger charge is 2.20. The summed E-state index contributed by atoms with van der Waals surface area (Å²) >= 11 is 0. The van der Waals surface area contributed by atoms with Crippen LogP contribution in [0.2, 0.25) is 0 Å². The van der Waals surface area contributed by atoms with E-state index in [4.69, 9.17) is 5.11 Å². The van der Waals surface area contributed by atoms with Crippen LogP contribution in [0.4, 0.5) is 5.82 Å². The number of hydrogen-bond donors (Lipinski definition) is 2. The van der Waals surface area contributed by atoms with Crippen molar-refractivity contribution >= 4 is 17.7 Å². The van der Waals surface area contributed by atoms with Crippen LogP contribution in [0.15, 0.2) is 24.3 Å². The molecule has 1 heterocycles. The Labute approximate surface area is 108 Å². The van der Waals surface area contributed by atoms with Gasteiger partial charge < -0.3 is 10.4 Å². The molecule has 0 spiro atoms. The molecule has 19 heavy (non-hydrogen) atoms. The predicted octanol–water partition coefficient (Wildman–Crippen LogP) is 1.23. The average molecular weight is 260 g/mol. The first kappa shape index (κ1) is 12.7. The van der Waals surface area contributed by atoms with Crippen molar-refractivity contribution in [2.75, 3.05) is 5.32 Å². The quantitative estimate of drug-likeness (QED) is 0.865. The molecule has 0 saturated heterocycles. The SMILES string of the molecule is CC(=O)Nc1c(C(=O)O)nnn1-c1cccc(C)c1. The van der Waals surface area contributed by atoms with Crippen LogP contribution < -0.4 is 5.32 Å². The lowest BCUT2D eigenvalue weighted by molar-refractivity contribution is -0.114. The molecule has 7 nitrogen and oxygen atoms in total. The van der Waals surface area contributed by atoms with E-state index in [1.54, 1.807) is 6.07 Å². The van der Waals surface area contributed by atoms with Crippen LogP contribution in [0.25, 0.3) is 5.69 Å². The predicted molar refractivity (Wildman–Crippen MR) is 67.4 cm³/mol. The molecule has 0 fully saturated rings. The van der Waals surface area contributed by atoms with Crippen LogP contribution in [0.1, 0.15) is 23.0 Å². The maximum absolute atomic E-state index is 11.2. The minimum atomic E-state index is -1.25. The molecule has 2 rings (SSSR count). The molecule has 0 unspecified atom stereocenters. The van der Waals surface area contributed by atoms with Gasteiger partial charge in [-0.2, -0.15) is 4.68 Å². The molecule has 0 radical (unpaired) electrons. The maximum Gasteiger partial charge on any atom is 0.360 e. The lowest BCUT2D eigenvalue weighted by Gasteiger charge is -2.07. The van der Waals surface area contributed by atoms with Gasteiger partial charge in [0.15, 0.2) is 5.82 Å². The fourth-order valence-electron chi connectivity index (χ4n) is 1.65. The Morgan fingerprint density at radius 3 is 2.68 bits per heavy atom. The van der Waals surface area contributed by atoms with Gasteiger partial charge in [0, 0.05) is 6.92 Å². The van der Waals surface area contributed by atoms with Crippen molar-refractivity contribution in [3.05, 3.63) is 35.5 Å². The lowest BCUT2D eigenvalue weighted by atomic mass is 10.2. The van der Waals surface area contributed by atoms with Crippen molar-refractivity contribution in [1.82, 2.24) is 15.0 Å². The summed E-state index contributed by atoms with van der Waals surface area (Å²) in [7, 11) is 0. The van der Waals surface area contributed by atoms with E-state index < -0.39 is 11.9 Å². The molecule has 0 bridgehead atoms. The largest absolute Gasteiger partial charge is 0.476 e. The van der Waals surface area contributed by atoms with E-state index in [9.17, 15) is 9.59 Å². The minimum absolute atomic E-state index is 0.0469. The van der Waals surface area contributed by atoms with Gasteiger partial charge in [-0.1, -0.05) is 17.3 Å². The van der Waals surface area contributed by atoms with Gasteiger partial charge in [0.25, 0.3) is 0 Å². The summed E-state index contributed by atoms with van der Waals surface area (Å²) < 4.78 is 1.29. The maximum atomic E-state index is 11.2. The fourth-order valence-corrected chi connectivity index (χ4v) is 1.65. The monoisotopic (exact) mass is 260 g/mol. The molecule has 1 aromatic heterocycles. The standard InChI is InChI=1S/C12H12N4O3/c1-7-4-3-5-9(6-7)16-11(13-8(2)17)10(12(18)19)14-15-16/h3-6H,1-2H3,(H,13,17)(H,18,19). The van der Waals surface area contributed by atoms with Crippen LogP contribution >= 0.6 is 0 Å². The van der Waals surface area contributed by atoms with Gasteiger partial charge in [-0.25, -0.2) is 4.79 Å². The zero-order valence-electron chi connectivity index (χ0n) is 10.4. The molecule has 2 N–H and O–H groups in total. The van der Waals surface area contributed by atoms with Gasteiger partial charge >= 0.3 is 5.97 Å². The van der Waals surface area contributed by atoms with E-state index >= 15 is 0 Å². The van der Waals surface area contributed by atoms with Gasteiger partial charge in [0.1, 0.15) is 0 Å². The second-order valence-electron chi connectivity index (χ2n) is 4.02. The highest BCUT2D eigenvalue weighted by Crippen LogP contribution is 2.19. The number of benzene rings is 1. The van der Waals surface area contributed by atoms with E-state index in [2.05, 4.69) is 15.6 Å². The molecule has 2 aromatic rings. The number of rotatable bonds is 3. The Morgan fingerprint density at radius 1 is 1.37 bits per heavy atom. The first-order valence-corrected chi connectivity index (χ1v) is 5.52. The third-order valence-corrected chi connectivity index (χ3v) is 2.41. The molecule has 1 aromatic carbocycles. The van der Waals surface area contributed by atoms with Crippen molar-refractivity contribution in [3.63, 3.8) is 0 Å². The van der Waals surface area contributed by atoms with E-state index in [0.717, 1.165) is 5.56 Å². The summed E-state index contributed by atoms with van der Waals surface area (Å²) in [5.41, 5.74) is 1.32. The number of aromatic nitrogens is 3. The first-order valence-electron chi connectivity index (χ1n) is 5.52. The normalized spacial score (nSPS) is 10.2. The minimum Gasteiger partial charge on any atom is -0.476 e. The van der Waals surface area contributed by atoms with Crippen molar-refractivity contribution in [1.29, 1.82) is 0 Å². The molecular weight excluding hydrogens is 248 g/mol. The zero-order valence-corrected chi connectivity index (χ0v) is 10.4. The lowest BCUT2D eigenvalue weighted by Crippen LogP contribution is -2.14. The number of aryl methyl sites for hydroxylation is 1. The topological polar surface area (TPSA) is 97.1 Å². The smallest absolute Gasteiger partial charge is 0.360 e. The van der Waals surface area contributed by atoms with Crippen LogP contribution in [-0.2, 0) is 4.79 Å². The number of nitrogens with one attached hydrogen (secondary N) is 1. The van der Waals surface area contributed by atoms with E-state index in [1.807, 2.05) is 25.1 Å². The Bertz CT molecular complexity index is 648. The Balaban J connectivity index is 2.57. The number of carbonyl (C=O) groups excluding carboxylic acids is 1. The zero-order chi connectivity index (χ0) is 14.0. The van der Waals surface area contributed by atoms with Crippen molar-refractivity contribution in [2.24, 2.45) is 0 Å². The van der Waals surface area contributed by atoms with Crippen molar-refractivity contribution in [2.45, 2.75) is 13.8 Å². The van der Waals surface area contributed by atoms with Gasteiger partial charge in [-0.15, -0.1) is 5.10 Å². The van der Waals surface area contributed by atoms with Crippen LogP contribution in [-0.4, -0.2) is 32.0 Å². The van der Waals surface area contributed by atoms with Gasteiger partial charge in [-0.3, -0.25) is 4.79 Å². The van der Waals surface area contributed by atoms with Crippen molar-refractivity contribution in [3.8, 4) is 5.69 Å². The molecule has 1 amide bonds. The van der Waals surface area contributed by atoms with Crippen LogP contribution in [0.3, 0.4) is 0 Å². The molecular formula is C12H12N4O3. The summed E-state index contributed by atoms with van der Waals surface area (Å²) in [5.74, 6) is -1.59. The van der Waals surface area contributed by atoms with Gasteiger partial charge in [0.2, 0.25) is 11.6 Å². The molecule has 0 saturated carbocycles. The Kier molecular flexibility index (Phi) is 3.28. The number of carbonyl (C=O) groups is 2. The highest BCUT2D eigenvalue weighted by atomic mass is 16.4. The summed E-state index contributed by atoms with van der Waals surface area (Å²) in [4.78, 5) is 22.2. The second kappa shape index (κ2) is 4.89. The van der Waals surface area contributed by atoms with Crippen LogP contribution in [0, 0.1) is 6.92 Å². The molecule has 98 valence electrons. The fraction of sp³-hybridized carbons (Fsp3) is 0.167. The first-order chi connectivity index (χ1) is 8.99. The van der Waals surface area contributed by atoms with Gasteiger partial charge in [0.05, 0.1) is 5.69 Å². The van der Waals surface area contributed by atoms with Crippen molar-refractivity contribution < 1.29 is 14.7 Å². The third kappa shape index (κ3) is 2.59. The molecule has 0 aliphatic rings. The number of aromatic carboxylic acids is 1. The summed E-state index contributed by atoms with van der Waals surface area (Å²) in [6.45, 7) is 3.19. The molecule has 0 aliphatic heterocycles. The number of carboxylic acids is 1. The van der Waals surface area contributed by atoms with E-state index in [0.29, 0.717) is 5.69 Å². The number of amides is 1. The number of carboxylic acid groups (broad SMARTS) is 1. The number of anilines is 1. The van der Waals surface area contributed by atoms with Crippen LogP contribution in [0.5, 0.6) is 0 Å². The Morgan fingerprint density at radius 2 is 2.11 bits per heavy atom. The second-order valence-corrected chi connectivity index (χ2v) is 4.02. The van der Waals surface area contributed by atoms with E-state index in [-0.39, 0.29) is 11.5 Å². The summed E-state index contributed by atoms with van der Waals surface area (Å²) in [6.07, 6.45) is 0. The van der Waals surface area contributed by atoms with E-state index in [1.165, 1.54) is 11.6 Å². The summed E-state index contributed by atoms with van der Waals surface area (Å²) in [5, 5.41) is 18.8. The highest BCUT2D eigenvalue weighted by molar-refractivity contribution is 5.97. The summed E-state index contributed by atoms with van der Waals surface area (Å²) in [6, 6.07) is 7.27. The number of nitrogens with zero attached hydrogens (tertiary/aromatic N) is 3. The molecule has 7 heteroatoms. The third-order valence-electron chi connectivity index (χ3n) is 2.41. The van der Waals surface area contributed by atoms with Gasteiger partial charge in [-0.05, 0) is 24.6 Å². The Hall–Kier alpha value is -2.70. The number of hydrogen-bond acceptors (Lipinski definition) is 4. The average Bonchev–Trinajstić information content (AvgIpc) is 2.71.